The zero-order chi connectivity index (χ0) is 19.1. The lowest BCUT2D eigenvalue weighted by Crippen LogP contribution is -2.30. The van der Waals surface area contributed by atoms with Crippen LogP contribution in [0.25, 0.3) is 0 Å². The van der Waals surface area contributed by atoms with Crippen LogP contribution in [-0.2, 0) is 17.9 Å². The highest BCUT2D eigenvalue weighted by Gasteiger charge is 2.25. The van der Waals surface area contributed by atoms with Crippen molar-refractivity contribution >= 4 is 17.7 Å². The average molecular weight is 389 g/mol. The molecule has 0 aliphatic carbocycles. The molecule has 27 heavy (non-hydrogen) atoms. The van der Waals surface area contributed by atoms with Crippen molar-refractivity contribution in [1.82, 2.24) is 20.1 Å². The van der Waals surface area contributed by atoms with Gasteiger partial charge in [-0.3, -0.25) is 4.79 Å². The minimum atomic E-state index is -0.0996. The van der Waals surface area contributed by atoms with E-state index in [-0.39, 0.29) is 11.2 Å². The van der Waals surface area contributed by atoms with Gasteiger partial charge in [-0.25, -0.2) is 0 Å². The Kier molecular flexibility index (Phi) is 7.15. The molecule has 0 unspecified atom stereocenters. The van der Waals surface area contributed by atoms with Gasteiger partial charge in [-0.1, -0.05) is 50.2 Å². The minimum Gasteiger partial charge on any atom is -0.486 e. The Balaban J connectivity index is 1.73. The van der Waals surface area contributed by atoms with Crippen LogP contribution in [0, 0.1) is 5.92 Å². The van der Waals surface area contributed by atoms with Crippen LogP contribution in [0.15, 0.2) is 35.5 Å². The van der Waals surface area contributed by atoms with Gasteiger partial charge in [-0.15, -0.1) is 10.2 Å². The van der Waals surface area contributed by atoms with Crippen molar-refractivity contribution in [2.24, 2.45) is 5.92 Å². The molecule has 146 valence electrons. The zero-order valence-electron chi connectivity index (χ0n) is 16.1. The predicted molar refractivity (Wildman–Crippen MR) is 107 cm³/mol. The number of thioether (sulfide) groups is 1. The number of carbonyl (C=O) groups is 1. The largest absolute Gasteiger partial charge is 0.486 e. The number of rotatable bonds is 8. The molecule has 0 bridgehead atoms. The highest BCUT2D eigenvalue weighted by Crippen LogP contribution is 2.28. The number of para-hydroxylation sites is 1. The van der Waals surface area contributed by atoms with Crippen molar-refractivity contribution < 1.29 is 9.53 Å². The van der Waals surface area contributed by atoms with Crippen LogP contribution in [0.4, 0.5) is 0 Å². The van der Waals surface area contributed by atoms with Gasteiger partial charge in [0.2, 0.25) is 5.91 Å². The first-order chi connectivity index (χ1) is 13.1. The summed E-state index contributed by atoms with van der Waals surface area (Å²) in [4.78, 5) is 12.3. The van der Waals surface area contributed by atoms with Gasteiger partial charge in [0.1, 0.15) is 12.4 Å². The first-order valence-electron chi connectivity index (χ1n) is 9.68. The van der Waals surface area contributed by atoms with Crippen LogP contribution < -0.4 is 10.1 Å². The Morgan fingerprint density at radius 3 is 2.85 bits per heavy atom. The SMILES string of the molecule is CC(C)CCn1c(COc2ccccc2)nnc1S[C@H]1CCCCNC1=O. The molecule has 2 aromatic rings. The summed E-state index contributed by atoms with van der Waals surface area (Å²) in [6.45, 7) is 6.37. The number of amides is 1. The normalized spacial score (nSPS) is 17.6. The second-order valence-electron chi connectivity index (χ2n) is 7.23. The van der Waals surface area contributed by atoms with Crippen molar-refractivity contribution in [2.45, 2.75) is 63.1 Å². The summed E-state index contributed by atoms with van der Waals surface area (Å²) >= 11 is 1.53. The molecule has 1 aliphatic heterocycles. The number of nitrogens with one attached hydrogen (secondary N) is 1. The molecule has 2 heterocycles. The molecule has 3 rings (SSSR count). The van der Waals surface area contributed by atoms with Crippen molar-refractivity contribution in [1.29, 1.82) is 0 Å². The molecule has 1 aliphatic rings. The molecule has 1 fully saturated rings. The van der Waals surface area contributed by atoms with Gasteiger partial charge in [0.05, 0.1) is 5.25 Å². The number of benzene rings is 1. The molecule has 7 heteroatoms. The molecule has 0 radical (unpaired) electrons. The fourth-order valence-electron chi connectivity index (χ4n) is 2.94. The fourth-order valence-corrected chi connectivity index (χ4v) is 4.08. The first kappa shape index (κ1) is 19.7. The lowest BCUT2D eigenvalue weighted by molar-refractivity contribution is -0.120. The number of hydrogen-bond donors (Lipinski definition) is 1. The Labute approximate surface area is 165 Å². The van der Waals surface area contributed by atoms with E-state index in [1.165, 1.54) is 11.8 Å². The number of carbonyl (C=O) groups excluding carboxylic acids is 1. The highest BCUT2D eigenvalue weighted by molar-refractivity contribution is 8.00. The Morgan fingerprint density at radius 2 is 2.07 bits per heavy atom. The van der Waals surface area contributed by atoms with Gasteiger partial charge in [0.15, 0.2) is 11.0 Å². The van der Waals surface area contributed by atoms with E-state index < -0.39 is 0 Å². The average Bonchev–Trinajstić information content (AvgIpc) is 2.93. The fraction of sp³-hybridized carbons (Fsp3) is 0.550. The topological polar surface area (TPSA) is 69.0 Å². The molecule has 0 spiro atoms. The van der Waals surface area contributed by atoms with Gasteiger partial charge in [0, 0.05) is 13.1 Å². The van der Waals surface area contributed by atoms with Gasteiger partial charge in [0.25, 0.3) is 0 Å². The van der Waals surface area contributed by atoms with Crippen molar-refractivity contribution in [2.75, 3.05) is 6.54 Å². The third-order valence-corrected chi connectivity index (χ3v) is 5.81. The molecule has 6 nitrogen and oxygen atoms in total. The summed E-state index contributed by atoms with van der Waals surface area (Å²) in [5.74, 6) is 2.30. The second kappa shape index (κ2) is 9.78. The van der Waals surface area contributed by atoms with Gasteiger partial charge < -0.3 is 14.6 Å². The van der Waals surface area contributed by atoms with Crippen molar-refractivity contribution in [3.63, 3.8) is 0 Å². The lowest BCUT2D eigenvalue weighted by atomic mass is 10.1. The van der Waals surface area contributed by atoms with E-state index in [1.807, 2.05) is 30.3 Å². The molecular weight excluding hydrogens is 360 g/mol. The van der Waals surface area contributed by atoms with Gasteiger partial charge in [-0.2, -0.15) is 0 Å². The van der Waals surface area contributed by atoms with Crippen LogP contribution in [0.2, 0.25) is 0 Å². The van der Waals surface area contributed by atoms with E-state index in [4.69, 9.17) is 4.74 Å². The third kappa shape index (κ3) is 5.73. The Bertz CT molecular complexity index is 733. The van der Waals surface area contributed by atoms with Crippen LogP contribution in [0.5, 0.6) is 5.75 Å². The molecule has 1 saturated heterocycles. The van der Waals surface area contributed by atoms with E-state index in [2.05, 4.69) is 33.9 Å². The molecule has 1 N–H and O–H groups in total. The lowest BCUT2D eigenvalue weighted by Gasteiger charge is -2.15. The number of aromatic nitrogens is 3. The van der Waals surface area contributed by atoms with E-state index in [1.54, 1.807) is 0 Å². The van der Waals surface area contributed by atoms with Gasteiger partial charge in [-0.05, 0) is 37.3 Å². The maximum absolute atomic E-state index is 12.3. The summed E-state index contributed by atoms with van der Waals surface area (Å²) in [5, 5.41) is 12.4. The van der Waals surface area contributed by atoms with E-state index >= 15 is 0 Å². The maximum Gasteiger partial charge on any atom is 0.233 e. The molecule has 1 aromatic carbocycles. The zero-order valence-corrected chi connectivity index (χ0v) is 16.9. The van der Waals surface area contributed by atoms with Crippen molar-refractivity contribution in [3.8, 4) is 5.75 Å². The summed E-state index contributed by atoms with van der Waals surface area (Å²) < 4.78 is 7.99. The third-order valence-electron chi connectivity index (χ3n) is 4.57. The smallest absolute Gasteiger partial charge is 0.233 e. The molecule has 1 aromatic heterocycles. The molecular formula is C20H28N4O2S. The highest BCUT2D eigenvalue weighted by atomic mass is 32.2. The predicted octanol–water partition coefficient (Wildman–Crippen LogP) is 3.66. The van der Waals surface area contributed by atoms with Crippen LogP contribution in [0.3, 0.4) is 0 Å². The minimum absolute atomic E-state index is 0.0996. The van der Waals surface area contributed by atoms with E-state index in [0.29, 0.717) is 12.5 Å². The molecule has 1 atom stereocenters. The number of hydrogen-bond acceptors (Lipinski definition) is 5. The van der Waals surface area contributed by atoms with Crippen LogP contribution >= 0.6 is 11.8 Å². The quantitative estimate of drug-likeness (QED) is 0.747. The maximum atomic E-state index is 12.3. The van der Waals surface area contributed by atoms with Gasteiger partial charge >= 0.3 is 0 Å². The van der Waals surface area contributed by atoms with E-state index in [9.17, 15) is 4.79 Å². The summed E-state index contributed by atoms with van der Waals surface area (Å²) in [6.07, 6.45) is 4.00. The second-order valence-corrected chi connectivity index (χ2v) is 8.40. The summed E-state index contributed by atoms with van der Waals surface area (Å²) in [6, 6.07) is 9.72. The molecule has 0 saturated carbocycles. The first-order valence-corrected chi connectivity index (χ1v) is 10.6. The van der Waals surface area contributed by atoms with Crippen LogP contribution in [-0.4, -0.2) is 32.5 Å². The van der Waals surface area contributed by atoms with Crippen molar-refractivity contribution in [3.05, 3.63) is 36.2 Å². The molecule has 1 amide bonds. The number of nitrogens with zero attached hydrogens (tertiary/aromatic N) is 3. The monoisotopic (exact) mass is 388 g/mol. The number of ether oxygens (including phenoxy) is 1. The van der Waals surface area contributed by atoms with Crippen LogP contribution in [0.1, 0.15) is 45.4 Å². The van der Waals surface area contributed by atoms with E-state index in [0.717, 1.165) is 55.5 Å². The summed E-state index contributed by atoms with van der Waals surface area (Å²) in [5.41, 5.74) is 0. The standard InChI is InChI=1S/C20H28N4O2S/c1-15(2)11-13-24-18(14-26-16-8-4-3-5-9-16)22-23-20(24)27-17-10-6-7-12-21-19(17)25/h3-5,8-9,15,17H,6-7,10-14H2,1-2H3,(H,21,25)/t17-/m0/s1. The Morgan fingerprint density at radius 1 is 1.26 bits per heavy atom. The Hall–Kier alpha value is -2.02. The summed E-state index contributed by atoms with van der Waals surface area (Å²) in [7, 11) is 0.